The van der Waals surface area contributed by atoms with Crippen molar-refractivity contribution in [3.05, 3.63) is 28.4 Å². The van der Waals surface area contributed by atoms with Gasteiger partial charge in [-0.1, -0.05) is 0 Å². The third kappa shape index (κ3) is 1.15. The molecule has 1 heterocycles. The Morgan fingerprint density at radius 2 is 2.15 bits per heavy atom. The summed E-state index contributed by atoms with van der Waals surface area (Å²) in [6, 6.07) is 4.10. The Labute approximate surface area is 85.5 Å². The van der Waals surface area contributed by atoms with E-state index in [0.717, 1.165) is 15.5 Å². The minimum Gasteiger partial charge on any atom is -0.397 e. The molecule has 0 amide bonds. The van der Waals surface area contributed by atoms with Gasteiger partial charge in [0, 0.05) is 23.1 Å². The van der Waals surface area contributed by atoms with Crippen LogP contribution in [0.5, 0.6) is 0 Å². The quantitative estimate of drug-likeness (QED) is 0.704. The molecular formula is C10H11BrN2. The Bertz CT molecular complexity index is 471. The van der Waals surface area contributed by atoms with E-state index in [-0.39, 0.29) is 0 Å². The zero-order valence-electron chi connectivity index (χ0n) is 7.63. The van der Waals surface area contributed by atoms with E-state index in [9.17, 15) is 0 Å². The van der Waals surface area contributed by atoms with Crippen molar-refractivity contribution in [1.29, 1.82) is 0 Å². The van der Waals surface area contributed by atoms with Crippen molar-refractivity contribution in [2.45, 2.75) is 6.92 Å². The summed E-state index contributed by atoms with van der Waals surface area (Å²) in [6.45, 7) is 2.09. The van der Waals surface area contributed by atoms with Crippen LogP contribution in [0.1, 0.15) is 5.56 Å². The van der Waals surface area contributed by atoms with E-state index in [1.165, 1.54) is 11.1 Å². The molecule has 0 fully saturated rings. The summed E-state index contributed by atoms with van der Waals surface area (Å²) in [5.74, 6) is 0. The van der Waals surface area contributed by atoms with Crippen LogP contribution in [0.3, 0.4) is 0 Å². The van der Waals surface area contributed by atoms with E-state index in [1.54, 1.807) is 0 Å². The molecule has 2 rings (SSSR count). The Morgan fingerprint density at radius 1 is 1.46 bits per heavy atom. The van der Waals surface area contributed by atoms with Crippen molar-refractivity contribution in [2.75, 3.05) is 5.73 Å². The lowest BCUT2D eigenvalue weighted by Crippen LogP contribution is -1.92. The lowest BCUT2D eigenvalue weighted by molar-refractivity contribution is 0.964. The molecule has 0 aliphatic carbocycles. The summed E-state index contributed by atoms with van der Waals surface area (Å²) >= 11 is 3.44. The minimum atomic E-state index is 0.821. The number of hydrogen-bond donors (Lipinski definition) is 1. The SMILES string of the molecule is Cc1cc(Br)c(N)c2ccn(C)c12. The topological polar surface area (TPSA) is 30.9 Å². The van der Waals surface area contributed by atoms with Crippen molar-refractivity contribution in [2.24, 2.45) is 7.05 Å². The van der Waals surface area contributed by atoms with E-state index < -0.39 is 0 Å². The number of fused-ring (bicyclic) bond motifs is 1. The first-order valence-corrected chi connectivity index (χ1v) is 4.90. The molecule has 2 aromatic rings. The van der Waals surface area contributed by atoms with Crippen LogP contribution in [0, 0.1) is 6.92 Å². The van der Waals surface area contributed by atoms with Crippen LogP contribution in [0.15, 0.2) is 22.8 Å². The normalized spacial score (nSPS) is 11.0. The molecule has 2 N–H and O–H groups in total. The van der Waals surface area contributed by atoms with Gasteiger partial charge >= 0.3 is 0 Å². The van der Waals surface area contributed by atoms with Crippen LogP contribution in [0.4, 0.5) is 5.69 Å². The number of aryl methyl sites for hydroxylation is 2. The molecule has 0 aliphatic heterocycles. The zero-order chi connectivity index (χ0) is 9.59. The van der Waals surface area contributed by atoms with Crippen LogP contribution in [-0.2, 0) is 7.05 Å². The fraction of sp³-hybridized carbons (Fsp3) is 0.200. The fourth-order valence-electron chi connectivity index (χ4n) is 1.70. The van der Waals surface area contributed by atoms with Crippen LogP contribution >= 0.6 is 15.9 Å². The molecule has 0 unspecified atom stereocenters. The van der Waals surface area contributed by atoms with Gasteiger partial charge in [0.15, 0.2) is 0 Å². The Kier molecular flexibility index (Phi) is 1.84. The number of aromatic nitrogens is 1. The second-order valence-corrected chi connectivity index (χ2v) is 4.13. The molecule has 0 atom stereocenters. The Morgan fingerprint density at radius 3 is 2.85 bits per heavy atom. The average molecular weight is 239 g/mol. The van der Waals surface area contributed by atoms with Gasteiger partial charge in [-0.25, -0.2) is 0 Å². The molecule has 0 bridgehead atoms. The van der Waals surface area contributed by atoms with Crippen molar-refractivity contribution in [1.82, 2.24) is 4.57 Å². The molecule has 2 nitrogen and oxygen atoms in total. The van der Waals surface area contributed by atoms with Gasteiger partial charge in [0.05, 0.1) is 11.2 Å². The smallest absolute Gasteiger partial charge is 0.0553 e. The van der Waals surface area contributed by atoms with Gasteiger partial charge in [0.2, 0.25) is 0 Å². The van der Waals surface area contributed by atoms with E-state index in [2.05, 4.69) is 33.5 Å². The highest BCUT2D eigenvalue weighted by atomic mass is 79.9. The standard InChI is InChI=1S/C10H11BrN2/c1-6-5-8(11)9(12)7-3-4-13(2)10(6)7/h3-5H,12H2,1-2H3. The van der Waals surface area contributed by atoms with Gasteiger partial charge in [0.25, 0.3) is 0 Å². The Balaban J connectivity index is 2.99. The number of nitrogen functional groups attached to an aromatic ring is 1. The van der Waals surface area contributed by atoms with Gasteiger partial charge in [-0.15, -0.1) is 0 Å². The molecule has 0 radical (unpaired) electrons. The fourth-order valence-corrected chi connectivity index (χ4v) is 2.26. The summed E-state index contributed by atoms with van der Waals surface area (Å²) < 4.78 is 3.07. The summed E-state index contributed by atoms with van der Waals surface area (Å²) in [5, 5.41) is 1.12. The molecule has 0 saturated carbocycles. The lowest BCUT2D eigenvalue weighted by atomic mass is 10.1. The maximum Gasteiger partial charge on any atom is 0.0553 e. The number of benzene rings is 1. The van der Waals surface area contributed by atoms with Crippen LogP contribution in [0.25, 0.3) is 10.9 Å². The van der Waals surface area contributed by atoms with Crippen molar-refractivity contribution in [3.8, 4) is 0 Å². The average Bonchev–Trinajstić information content (AvgIpc) is 2.44. The first kappa shape index (κ1) is 8.63. The van der Waals surface area contributed by atoms with E-state index in [4.69, 9.17) is 5.73 Å². The summed E-state index contributed by atoms with van der Waals surface area (Å²) in [7, 11) is 2.03. The number of anilines is 1. The van der Waals surface area contributed by atoms with Gasteiger partial charge in [-0.2, -0.15) is 0 Å². The third-order valence-electron chi connectivity index (χ3n) is 2.34. The number of nitrogens with zero attached hydrogens (tertiary/aromatic N) is 1. The third-order valence-corrected chi connectivity index (χ3v) is 2.99. The highest BCUT2D eigenvalue weighted by Crippen LogP contribution is 2.31. The van der Waals surface area contributed by atoms with E-state index >= 15 is 0 Å². The first-order chi connectivity index (χ1) is 6.11. The second-order valence-electron chi connectivity index (χ2n) is 3.28. The molecule has 1 aromatic carbocycles. The molecule has 0 saturated heterocycles. The monoisotopic (exact) mass is 238 g/mol. The largest absolute Gasteiger partial charge is 0.397 e. The molecule has 1 aromatic heterocycles. The predicted molar refractivity (Wildman–Crippen MR) is 59.8 cm³/mol. The summed E-state index contributed by atoms with van der Waals surface area (Å²) in [5.41, 5.74) is 9.21. The number of hydrogen-bond acceptors (Lipinski definition) is 1. The highest BCUT2D eigenvalue weighted by Gasteiger charge is 2.07. The summed E-state index contributed by atoms with van der Waals surface area (Å²) in [4.78, 5) is 0. The van der Waals surface area contributed by atoms with Crippen LogP contribution in [-0.4, -0.2) is 4.57 Å². The Hall–Kier alpha value is -0.960. The summed E-state index contributed by atoms with van der Waals surface area (Å²) in [6.07, 6.45) is 2.03. The number of rotatable bonds is 0. The maximum absolute atomic E-state index is 5.94. The first-order valence-electron chi connectivity index (χ1n) is 4.11. The molecule has 13 heavy (non-hydrogen) atoms. The van der Waals surface area contributed by atoms with Crippen LogP contribution < -0.4 is 5.73 Å². The predicted octanol–water partition coefficient (Wildman–Crippen LogP) is 2.83. The highest BCUT2D eigenvalue weighted by molar-refractivity contribution is 9.10. The van der Waals surface area contributed by atoms with Gasteiger partial charge < -0.3 is 10.3 Å². The second kappa shape index (κ2) is 2.77. The van der Waals surface area contributed by atoms with Crippen molar-refractivity contribution < 1.29 is 0 Å². The van der Waals surface area contributed by atoms with Gasteiger partial charge in [-0.3, -0.25) is 0 Å². The lowest BCUT2D eigenvalue weighted by Gasteiger charge is -2.05. The molecule has 68 valence electrons. The van der Waals surface area contributed by atoms with E-state index in [0.29, 0.717) is 0 Å². The molecule has 0 aliphatic rings. The minimum absolute atomic E-state index is 0.821. The van der Waals surface area contributed by atoms with Gasteiger partial charge in [-0.05, 0) is 40.5 Å². The molecule has 0 spiro atoms. The van der Waals surface area contributed by atoms with Gasteiger partial charge in [0.1, 0.15) is 0 Å². The maximum atomic E-state index is 5.94. The zero-order valence-corrected chi connectivity index (χ0v) is 9.22. The number of halogens is 1. The van der Waals surface area contributed by atoms with Crippen molar-refractivity contribution >= 4 is 32.5 Å². The molecule has 3 heteroatoms. The van der Waals surface area contributed by atoms with Crippen molar-refractivity contribution in [3.63, 3.8) is 0 Å². The van der Waals surface area contributed by atoms with E-state index in [1.807, 2.05) is 19.3 Å². The van der Waals surface area contributed by atoms with Crippen LogP contribution in [0.2, 0.25) is 0 Å². The molecular weight excluding hydrogens is 228 g/mol. The number of nitrogens with two attached hydrogens (primary N) is 1.